The molecule has 2 aromatic rings. The fourth-order valence-corrected chi connectivity index (χ4v) is 6.61. The Bertz CT molecular complexity index is 1100. The van der Waals surface area contributed by atoms with Crippen molar-refractivity contribution in [3.63, 3.8) is 0 Å². The third kappa shape index (κ3) is 2.50. The maximum atomic E-state index is 11.0. The molecule has 2 aromatic carbocycles. The average Bonchev–Trinajstić information content (AvgIpc) is 3.18. The zero-order valence-corrected chi connectivity index (χ0v) is 18.5. The van der Waals surface area contributed by atoms with Gasteiger partial charge in [-0.3, -0.25) is 4.90 Å². The van der Waals surface area contributed by atoms with Gasteiger partial charge in [-0.2, -0.15) is 0 Å². The van der Waals surface area contributed by atoms with Gasteiger partial charge in [0.25, 0.3) is 0 Å². The van der Waals surface area contributed by atoms with Crippen LogP contribution in [0, 0.1) is 0 Å². The third-order valence-corrected chi connectivity index (χ3v) is 7.98. The van der Waals surface area contributed by atoms with E-state index >= 15 is 0 Å². The minimum Gasteiger partial charge on any atom is -0.493 e. The Morgan fingerprint density at radius 3 is 2.88 bits per heavy atom. The zero-order chi connectivity index (χ0) is 21.9. The Morgan fingerprint density at radius 1 is 1.22 bits per heavy atom. The van der Waals surface area contributed by atoms with Crippen molar-refractivity contribution in [3.8, 4) is 11.5 Å². The summed E-state index contributed by atoms with van der Waals surface area (Å²) in [7, 11) is 3.86. The molecule has 5 nitrogen and oxygen atoms in total. The first kappa shape index (κ1) is 20.0. The maximum Gasteiger partial charge on any atom is 0.166 e. The van der Waals surface area contributed by atoms with Gasteiger partial charge < -0.3 is 19.3 Å². The Kier molecular flexibility index (Phi) is 4.51. The summed E-state index contributed by atoms with van der Waals surface area (Å²) >= 11 is 0. The van der Waals surface area contributed by atoms with Crippen LogP contribution in [0.3, 0.4) is 0 Å². The van der Waals surface area contributed by atoms with Crippen LogP contribution < -0.4 is 9.47 Å². The summed E-state index contributed by atoms with van der Waals surface area (Å²) in [5.74, 6) is 1.52. The summed E-state index contributed by atoms with van der Waals surface area (Å²) in [5, 5.41) is 11.0. The number of piperidine rings is 1. The number of likely N-dealkylation sites (tertiary alicyclic amines) is 1. The molecule has 1 spiro atoms. The van der Waals surface area contributed by atoms with E-state index in [0.29, 0.717) is 6.61 Å². The van der Waals surface area contributed by atoms with Crippen molar-refractivity contribution in [1.29, 1.82) is 0 Å². The number of ether oxygens (including phenoxy) is 3. The number of methoxy groups -OCH3 is 1. The molecule has 2 aliphatic heterocycles. The molecule has 6 rings (SSSR count). The first-order valence-electron chi connectivity index (χ1n) is 11.4. The van der Waals surface area contributed by atoms with Gasteiger partial charge in [0.2, 0.25) is 0 Å². The minimum absolute atomic E-state index is 0.170. The molecule has 1 saturated heterocycles. The Morgan fingerprint density at radius 2 is 2.06 bits per heavy atom. The average molecular weight is 432 g/mol. The van der Waals surface area contributed by atoms with Gasteiger partial charge in [0.1, 0.15) is 17.8 Å². The van der Waals surface area contributed by atoms with Crippen LogP contribution in [0.5, 0.6) is 11.5 Å². The van der Waals surface area contributed by atoms with Gasteiger partial charge in [0.05, 0.1) is 19.1 Å². The van der Waals surface area contributed by atoms with Gasteiger partial charge in [-0.25, -0.2) is 0 Å². The predicted molar refractivity (Wildman–Crippen MR) is 123 cm³/mol. The summed E-state index contributed by atoms with van der Waals surface area (Å²) < 4.78 is 19.0. The summed E-state index contributed by atoms with van der Waals surface area (Å²) in [4.78, 5) is 2.41. The highest BCUT2D eigenvalue weighted by Gasteiger charge is 2.72. The van der Waals surface area contributed by atoms with E-state index in [-0.39, 0.29) is 12.1 Å². The topological polar surface area (TPSA) is 51.2 Å². The van der Waals surface area contributed by atoms with E-state index in [0.717, 1.165) is 36.4 Å². The second-order valence-corrected chi connectivity index (χ2v) is 9.36. The van der Waals surface area contributed by atoms with Crippen LogP contribution in [-0.2, 0) is 16.6 Å². The second-order valence-electron chi connectivity index (χ2n) is 9.36. The van der Waals surface area contributed by atoms with Gasteiger partial charge in [0, 0.05) is 11.6 Å². The SMILES string of the molecule is COc1ccc2c3c1O[C@H]1[C@@H](O)C=C[C@@]4(OCC=Cc5ccccc5)[C@@H](C2)N(C)CC[C@]314. The first-order chi connectivity index (χ1) is 15.6. The highest BCUT2D eigenvalue weighted by atomic mass is 16.5. The van der Waals surface area contributed by atoms with Crippen LogP contribution in [0.4, 0.5) is 0 Å². The molecule has 2 heterocycles. The smallest absolute Gasteiger partial charge is 0.166 e. The van der Waals surface area contributed by atoms with Gasteiger partial charge >= 0.3 is 0 Å². The first-order valence-corrected chi connectivity index (χ1v) is 11.4. The standard InChI is InChI=1S/C27H29NO4/c1-28-15-14-26-23-19-10-11-21(30-2)24(23)32-25(26)20(29)12-13-27(26,22(28)17-19)31-16-6-9-18-7-4-3-5-8-18/h3-13,20,22,25,29H,14-17H2,1-2H3/t20-,22+,25-,26-,27+/m0/s1. The Hall–Kier alpha value is -2.60. The van der Waals surface area contributed by atoms with Crippen LogP contribution in [0.25, 0.3) is 6.08 Å². The number of hydrogen-bond acceptors (Lipinski definition) is 5. The lowest BCUT2D eigenvalue weighted by Crippen LogP contribution is -2.76. The predicted octanol–water partition coefficient (Wildman–Crippen LogP) is 3.35. The number of aliphatic hydroxyl groups excluding tert-OH is 1. The molecule has 1 N–H and O–H groups in total. The van der Waals surface area contributed by atoms with Crippen molar-refractivity contribution >= 4 is 6.08 Å². The highest BCUT2D eigenvalue weighted by Crippen LogP contribution is 2.65. The van der Waals surface area contributed by atoms with Gasteiger partial charge in [-0.05, 0) is 43.6 Å². The van der Waals surface area contributed by atoms with Gasteiger partial charge in [-0.15, -0.1) is 0 Å². The van der Waals surface area contributed by atoms with E-state index in [1.54, 1.807) is 7.11 Å². The maximum absolute atomic E-state index is 11.0. The van der Waals surface area contributed by atoms with Crippen LogP contribution in [0.1, 0.15) is 23.1 Å². The van der Waals surface area contributed by atoms with E-state index < -0.39 is 17.1 Å². The van der Waals surface area contributed by atoms with E-state index in [9.17, 15) is 5.11 Å². The molecule has 2 bridgehead atoms. The molecule has 166 valence electrons. The lowest BCUT2D eigenvalue weighted by Gasteiger charge is -2.63. The van der Waals surface area contributed by atoms with Crippen LogP contribution in [0.15, 0.2) is 60.7 Å². The van der Waals surface area contributed by atoms with Crippen LogP contribution in [0.2, 0.25) is 0 Å². The Labute approximate surface area is 188 Å². The number of benzene rings is 2. The number of likely N-dealkylation sites (N-methyl/N-ethyl adjacent to an activating group) is 1. The quantitative estimate of drug-likeness (QED) is 0.736. The molecule has 4 aliphatic rings. The van der Waals surface area contributed by atoms with E-state index in [1.807, 2.05) is 30.3 Å². The van der Waals surface area contributed by atoms with E-state index in [2.05, 4.69) is 48.4 Å². The largest absolute Gasteiger partial charge is 0.493 e. The molecular weight excluding hydrogens is 402 g/mol. The van der Waals surface area contributed by atoms with Crippen LogP contribution in [-0.4, -0.2) is 61.2 Å². The molecule has 32 heavy (non-hydrogen) atoms. The molecule has 0 aromatic heterocycles. The number of rotatable bonds is 5. The van der Waals surface area contributed by atoms with Crippen molar-refractivity contribution in [2.45, 2.75) is 42.1 Å². The normalized spacial score (nSPS) is 34.4. The van der Waals surface area contributed by atoms with Crippen LogP contribution >= 0.6 is 0 Å². The fourth-order valence-electron chi connectivity index (χ4n) is 6.61. The number of nitrogens with zero attached hydrogens (tertiary/aromatic N) is 1. The molecule has 5 atom stereocenters. The molecule has 2 aliphatic carbocycles. The van der Waals surface area contributed by atoms with Gasteiger partial charge in [0.15, 0.2) is 11.5 Å². The van der Waals surface area contributed by atoms with E-state index in [4.69, 9.17) is 14.2 Å². The van der Waals surface area contributed by atoms with Crippen molar-refractivity contribution in [1.82, 2.24) is 4.90 Å². The monoisotopic (exact) mass is 431 g/mol. The second kappa shape index (κ2) is 7.20. The molecule has 0 radical (unpaired) electrons. The van der Waals surface area contributed by atoms with E-state index in [1.165, 1.54) is 11.1 Å². The molecule has 5 heteroatoms. The summed E-state index contributed by atoms with van der Waals surface area (Å²) in [6, 6.07) is 14.6. The van der Waals surface area contributed by atoms with Crippen molar-refractivity contribution in [3.05, 3.63) is 77.4 Å². The summed E-state index contributed by atoms with van der Waals surface area (Å²) in [6.07, 6.45) is 8.87. The summed E-state index contributed by atoms with van der Waals surface area (Å²) in [6.45, 7) is 1.43. The van der Waals surface area contributed by atoms with Gasteiger partial charge in [-0.1, -0.05) is 60.7 Å². The fraction of sp³-hybridized carbons (Fsp3) is 0.407. The minimum atomic E-state index is -0.682. The third-order valence-electron chi connectivity index (χ3n) is 7.98. The van der Waals surface area contributed by atoms with Crippen molar-refractivity contribution in [2.24, 2.45) is 0 Å². The molecule has 1 fully saturated rings. The van der Waals surface area contributed by atoms with Crippen molar-refractivity contribution < 1.29 is 19.3 Å². The Balaban J connectivity index is 1.46. The summed E-state index contributed by atoms with van der Waals surface area (Å²) in [5.41, 5.74) is 2.61. The molecular formula is C27H29NO4. The number of aliphatic hydroxyl groups is 1. The van der Waals surface area contributed by atoms with Crippen molar-refractivity contribution in [2.75, 3.05) is 27.3 Å². The zero-order valence-electron chi connectivity index (χ0n) is 18.5. The number of hydrogen-bond donors (Lipinski definition) is 1. The highest BCUT2D eigenvalue weighted by molar-refractivity contribution is 5.64. The lowest BCUT2D eigenvalue weighted by molar-refractivity contribution is -0.176. The molecule has 0 amide bonds. The molecule has 0 saturated carbocycles. The molecule has 0 unspecified atom stereocenters. The lowest BCUT2D eigenvalue weighted by atomic mass is 9.50.